The maximum absolute atomic E-state index is 12.4. The van der Waals surface area contributed by atoms with E-state index in [1.54, 1.807) is 5.38 Å². The molecule has 3 rings (SSSR count). The van der Waals surface area contributed by atoms with E-state index in [0.29, 0.717) is 10.7 Å². The highest BCUT2D eigenvalue weighted by Crippen LogP contribution is 2.22. The number of aromatic nitrogens is 1. The summed E-state index contributed by atoms with van der Waals surface area (Å²) in [5, 5.41) is 5.14. The van der Waals surface area contributed by atoms with E-state index in [9.17, 15) is 13.2 Å². The zero-order valence-corrected chi connectivity index (χ0v) is 17.6. The van der Waals surface area contributed by atoms with Crippen molar-refractivity contribution in [2.24, 2.45) is 0 Å². The summed E-state index contributed by atoms with van der Waals surface area (Å²) in [6.45, 7) is 3.92. The molecule has 1 amide bonds. The van der Waals surface area contributed by atoms with E-state index < -0.39 is 10.0 Å². The molecule has 2 aromatic carbocycles. The van der Waals surface area contributed by atoms with Gasteiger partial charge in [-0.3, -0.25) is 9.52 Å². The van der Waals surface area contributed by atoms with Crippen molar-refractivity contribution in [2.75, 3.05) is 10.0 Å². The summed E-state index contributed by atoms with van der Waals surface area (Å²) >= 11 is 6.91. The van der Waals surface area contributed by atoms with Gasteiger partial charge >= 0.3 is 0 Å². The predicted molar refractivity (Wildman–Crippen MR) is 113 cm³/mol. The minimum atomic E-state index is -3.76. The predicted octanol–water partition coefficient (Wildman–Crippen LogP) is 4.40. The molecular formula is C19H18ClN3O3S2. The van der Waals surface area contributed by atoms with Gasteiger partial charge in [-0.2, -0.15) is 0 Å². The molecule has 1 aromatic heterocycles. The molecule has 0 spiro atoms. The number of sulfonamides is 1. The topological polar surface area (TPSA) is 88.2 Å². The number of aryl methyl sites for hydroxylation is 2. The lowest BCUT2D eigenvalue weighted by atomic mass is 10.1. The minimum Gasteiger partial charge on any atom is -0.326 e. The maximum Gasteiger partial charge on any atom is 0.263 e. The van der Waals surface area contributed by atoms with Crippen LogP contribution in [0, 0.1) is 13.8 Å². The number of anilines is 2. The summed E-state index contributed by atoms with van der Waals surface area (Å²) in [5.74, 6) is -0.220. The minimum absolute atomic E-state index is 0.0478. The zero-order chi connectivity index (χ0) is 20.3. The van der Waals surface area contributed by atoms with Crippen molar-refractivity contribution >= 4 is 49.7 Å². The lowest BCUT2D eigenvalue weighted by Crippen LogP contribution is -2.15. The van der Waals surface area contributed by atoms with Gasteiger partial charge in [-0.15, -0.1) is 11.3 Å². The Labute approximate surface area is 172 Å². The second-order valence-electron chi connectivity index (χ2n) is 6.30. The maximum atomic E-state index is 12.4. The van der Waals surface area contributed by atoms with Crippen LogP contribution in [-0.2, 0) is 21.2 Å². The van der Waals surface area contributed by atoms with Crippen molar-refractivity contribution in [3.8, 4) is 0 Å². The van der Waals surface area contributed by atoms with Crippen molar-refractivity contribution in [3.05, 3.63) is 69.7 Å². The van der Waals surface area contributed by atoms with Gasteiger partial charge in [0.2, 0.25) is 5.91 Å². The first kappa shape index (κ1) is 20.3. The lowest BCUT2D eigenvalue weighted by molar-refractivity contribution is -0.115. The average molecular weight is 436 g/mol. The van der Waals surface area contributed by atoms with Crippen molar-refractivity contribution < 1.29 is 13.2 Å². The quantitative estimate of drug-likeness (QED) is 0.600. The van der Waals surface area contributed by atoms with Gasteiger partial charge in [-0.25, -0.2) is 13.4 Å². The Hall–Kier alpha value is -2.42. The van der Waals surface area contributed by atoms with Crippen molar-refractivity contribution in [1.29, 1.82) is 0 Å². The molecule has 6 nitrogen and oxygen atoms in total. The number of carbonyl (C=O) groups is 1. The Morgan fingerprint density at radius 3 is 2.39 bits per heavy atom. The number of amides is 1. The highest BCUT2D eigenvalue weighted by molar-refractivity contribution is 7.93. The fourth-order valence-electron chi connectivity index (χ4n) is 2.64. The summed E-state index contributed by atoms with van der Waals surface area (Å²) < 4.78 is 27.2. The molecule has 0 atom stereocenters. The van der Waals surface area contributed by atoms with Gasteiger partial charge < -0.3 is 5.32 Å². The Kier molecular flexibility index (Phi) is 6.02. The third-order valence-corrected chi connectivity index (χ3v) is 6.29. The average Bonchev–Trinajstić information content (AvgIpc) is 3.00. The first-order valence-electron chi connectivity index (χ1n) is 8.32. The molecule has 0 radical (unpaired) electrons. The van der Waals surface area contributed by atoms with Crippen molar-refractivity contribution in [1.82, 2.24) is 4.98 Å². The lowest BCUT2D eigenvalue weighted by Gasteiger charge is -2.07. The van der Waals surface area contributed by atoms with Crippen LogP contribution in [0.5, 0.6) is 0 Å². The van der Waals surface area contributed by atoms with Crippen LogP contribution in [0.15, 0.2) is 52.7 Å². The van der Waals surface area contributed by atoms with E-state index in [1.807, 2.05) is 32.0 Å². The number of thiazole rings is 1. The van der Waals surface area contributed by atoms with Gasteiger partial charge in [0.05, 0.1) is 17.0 Å². The van der Waals surface area contributed by atoms with Crippen LogP contribution >= 0.6 is 22.9 Å². The highest BCUT2D eigenvalue weighted by Gasteiger charge is 2.17. The first-order chi connectivity index (χ1) is 13.2. The van der Waals surface area contributed by atoms with E-state index in [1.165, 1.54) is 24.3 Å². The van der Waals surface area contributed by atoms with Crippen LogP contribution in [0.1, 0.15) is 16.8 Å². The van der Waals surface area contributed by atoms with Crippen LogP contribution in [0.25, 0.3) is 0 Å². The number of benzene rings is 2. The molecule has 0 aliphatic heterocycles. The molecule has 0 aliphatic rings. The normalized spacial score (nSPS) is 11.2. The van der Waals surface area contributed by atoms with Gasteiger partial charge in [-0.1, -0.05) is 17.7 Å². The fraction of sp³-hybridized carbons (Fsp3) is 0.158. The Morgan fingerprint density at radius 1 is 1.11 bits per heavy atom. The van der Waals surface area contributed by atoms with Crippen LogP contribution < -0.4 is 10.0 Å². The third kappa shape index (κ3) is 5.31. The zero-order valence-electron chi connectivity index (χ0n) is 15.2. The molecule has 0 aliphatic carbocycles. The number of nitrogens with one attached hydrogen (secondary N) is 2. The summed E-state index contributed by atoms with van der Waals surface area (Å²) in [4.78, 5) is 16.5. The smallest absolute Gasteiger partial charge is 0.263 e. The molecule has 0 bridgehead atoms. The number of carbonyl (C=O) groups excluding carboxylic acids is 1. The van der Waals surface area contributed by atoms with E-state index in [2.05, 4.69) is 15.0 Å². The molecule has 0 saturated heterocycles. The molecule has 2 N–H and O–H groups in total. The Balaban J connectivity index is 1.65. The number of nitrogens with zero attached hydrogens (tertiary/aromatic N) is 1. The van der Waals surface area contributed by atoms with E-state index in [0.717, 1.165) is 28.2 Å². The van der Waals surface area contributed by atoms with E-state index in [-0.39, 0.29) is 22.4 Å². The molecular weight excluding hydrogens is 418 g/mol. The van der Waals surface area contributed by atoms with Gasteiger partial charge in [-0.05, 0) is 61.4 Å². The van der Waals surface area contributed by atoms with Crippen LogP contribution in [0.4, 0.5) is 10.8 Å². The Bertz CT molecular complexity index is 1090. The van der Waals surface area contributed by atoms with Gasteiger partial charge in [0.25, 0.3) is 10.0 Å². The summed E-state index contributed by atoms with van der Waals surface area (Å²) in [7, 11) is -3.76. The number of hydrogen-bond donors (Lipinski definition) is 2. The summed E-state index contributed by atoms with van der Waals surface area (Å²) in [6.07, 6.45) is 0.0478. The molecule has 0 unspecified atom stereocenters. The first-order valence-corrected chi connectivity index (χ1v) is 11.1. The van der Waals surface area contributed by atoms with E-state index >= 15 is 0 Å². The third-order valence-electron chi connectivity index (χ3n) is 3.74. The largest absolute Gasteiger partial charge is 0.326 e. The molecule has 9 heteroatoms. The van der Waals surface area contributed by atoms with Crippen LogP contribution in [-0.4, -0.2) is 19.3 Å². The molecule has 28 heavy (non-hydrogen) atoms. The SMILES string of the molecule is Cc1cc(C)cc(NC(=O)Cc2csc(NS(=O)(=O)c3ccc(Cl)cc3)n2)c1. The number of hydrogen-bond acceptors (Lipinski definition) is 5. The number of rotatable bonds is 6. The second-order valence-corrected chi connectivity index (χ2v) is 9.28. The Morgan fingerprint density at radius 2 is 1.75 bits per heavy atom. The van der Waals surface area contributed by atoms with Crippen LogP contribution in [0.3, 0.4) is 0 Å². The molecule has 0 fully saturated rings. The molecule has 3 aromatic rings. The monoisotopic (exact) mass is 435 g/mol. The molecule has 146 valence electrons. The standard InChI is InChI=1S/C19H18ClN3O3S2/c1-12-7-13(2)9-15(8-12)21-18(24)10-16-11-27-19(22-16)23-28(25,26)17-5-3-14(20)4-6-17/h3-9,11H,10H2,1-2H3,(H,21,24)(H,22,23). The van der Waals surface area contributed by atoms with Crippen LogP contribution in [0.2, 0.25) is 5.02 Å². The van der Waals surface area contributed by atoms with Gasteiger partial charge in [0, 0.05) is 16.1 Å². The summed E-state index contributed by atoms with van der Waals surface area (Å²) in [6, 6.07) is 11.6. The van der Waals surface area contributed by atoms with Crippen molar-refractivity contribution in [2.45, 2.75) is 25.2 Å². The van der Waals surface area contributed by atoms with E-state index in [4.69, 9.17) is 11.6 Å². The van der Waals surface area contributed by atoms with Crippen molar-refractivity contribution in [3.63, 3.8) is 0 Å². The number of halogens is 1. The molecule has 1 heterocycles. The fourth-order valence-corrected chi connectivity index (χ4v) is 4.73. The summed E-state index contributed by atoms with van der Waals surface area (Å²) in [5.41, 5.74) is 3.33. The molecule has 0 saturated carbocycles. The van der Waals surface area contributed by atoms with Gasteiger partial charge in [0.15, 0.2) is 5.13 Å². The second kappa shape index (κ2) is 8.30. The van der Waals surface area contributed by atoms with Gasteiger partial charge in [0.1, 0.15) is 0 Å². The highest BCUT2D eigenvalue weighted by atomic mass is 35.5.